The predicted octanol–water partition coefficient (Wildman–Crippen LogP) is 0.997. The van der Waals surface area contributed by atoms with Crippen LogP contribution in [0.2, 0.25) is 0 Å². The maximum Gasteiger partial charge on any atom is 0.320 e. The molecular formula is C7H8BrNO3. The largest absolute Gasteiger partial charge is 0.480 e. The zero-order chi connectivity index (χ0) is 9.14. The molecule has 0 bridgehead atoms. The van der Waals surface area contributed by atoms with Gasteiger partial charge >= 0.3 is 5.97 Å². The van der Waals surface area contributed by atoms with E-state index in [1.807, 2.05) is 0 Å². The highest BCUT2D eigenvalue weighted by Gasteiger charge is 2.13. The number of hydrogen-bond acceptors (Lipinski definition) is 3. The SMILES string of the molecule is NC(Cc1ccc(Br)o1)C(=O)O. The van der Waals surface area contributed by atoms with E-state index in [2.05, 4.69) is 15.9 Å². The first-order valence-corrected chi connectivity index (χ1v) is 4.11. The summed E-state index contributed by atoms with van der Waals surface area (Å²) < 4.78 is 5.66. The highest BCUT2D eigenvalue weighted by molar-refractivity contribution is 9.10. The molecule has 1 rings (SSSR count). The Kier molecular flexibility index (Phi) is 2.88. The van der Waals surface area contributed by atoms with E-state index < -0.39 is 12.0 Å². The molecule has 1 atom stereocenters. The molecule has 0 aliphatic carbocycles. The van der Waals surface area contributed by atoms with Crippen molar-refractivity contribution in [2.45, 2.75) is 12.5 Å². The number of carboxylic acid groups (broad SMARTS) is 1. The lowest BCUT2D eigenvalue weighted by molar-refractivity contribution is -0.138. The third-order valence-corrected chi connectivity index (χ3v) is 1.79. The van der Waals surface area contributed by atoms with Gasteiger partial charge in [0.1, 0.15) is 11.8 Å². The quantitative estimate of drug-likeness (QED) is 0.817. The minimum Gasteiger partial charge on any atom is -0.480 e. The Bertz CT molecular complexity index is 284. The van der Waals surface area contributed by atoms with Crippen LogP contribution in [0.25, 0.3) is 0 Å². The molecule has 1 aromatic rings. The third-order valence-electron chi connectivity index (χ3n) is 1.37. The van der Waals surface area contributed by atoms with E-state index in [4.69, 9.17) is 15.3 Å². The van der Waals surface area contributed by atoms with Gasteiger partial charge in [-0.25, -0.2) is 0 Å². The van der Waals surface area contributed by atoms with Crippen LogP contribution in [0.15, 0.2) is 21.2 Å². The van der Waals surface area contributed by atoms with Crippen LogP contribution >= 0.6 is 15.9 Å². The third kappa shape index (κ3) is 2.35. The minimum atomic E-state index is -1.03. The summed E-state index contributed by atoms with van der Waals surface area (Å²) in [6.07, 6.45) is 0.209. The van der Waals surface area contributed by atoms with Crippen LogP contribution in [-0.4, -0.2) is 17.1 Å². The van der Waals surface area contributed by atoms with Gasteiger partial charge in [0, 0.05) is 6.42 Å². The molecule has 66 valence electrons. The van der Waals surface area contributed by atoms with Crippen LogP contribution in [0.5, 0.6) is 0 Å². The van der Waals surface area contributed by atoms with Crippen molar-refractivity contribution in [1.82, 2.24) is 0 Å². The Morgan fingerprint density at radius 1 is 1.75 bits per heavy atom. The van der Waals surface area contributed by atoms with Gasteiger partial charge in [-0.15, -0.1) is 0 Å². The lowest BCUT2D eigenvalue weighted by atomic mass is 10.2. The molecule has 0 amide bonds. The average Bonchev–Trinajstić information content (AvgIpc) is 2.35. The van der Waals surface area contributed by atoms with Gasteiger partial charge in [-0.3, -0.25) is 4.79 Å². The molecule has 5 heteroatoms. The Hall–Kier alpha value is -0.810. The molecule has 0 aliphatic rings. The van der Waals surface area contributed by atoms with Crippen molar-refractivity contribution in [3.05, 3.63) is 22.6 Å². The molecule has 0 saturated heterocycles. The molecule has 0 saturated carbocycles. The lowest BCUT2D eigenvalue weighted by Gasteiger charge is -2.01. The van der Waals surface area contributed by atoms with Crippen LogP contribution < -0.4 is 5.73 Å². The van der Waals surface area contributed by atoms with E-state index >= 15 is 0 Å². The van der Waals surface area contributed by atoms with Gasteiger partial charge in [-0.05, 0) is 28.1 Å². The number of rotatable bonds is 3. The average molecular weight is 234 g/mol. The fraction of sp³-hybridized carbons (Fsp3) is 0.286. The Labute approximate surface area is 77.5 Å². The Balaban J connectivity index is 2.58. The van der Waals surface area contributed by atoms with Crippen molar-refractivity contribution in [2.75, 3.05) is 0 Å². The molecule has 4 nitrogen and oxygen atoms in total. The molecule has 0 spiro atoms. The van der Waals surface area contributed by atoms with Crippen LogP contribution in [0.4, 0.5) is 0 Å². The maximum atomic E-state index is 10.3. The second-order valence-electron chi connectivity index (χ2n) is 2.35. The van der Waals surface area contributed by atoms with Gasteiger partial charge in [0.25, 0.3) is 0 Å². The van der Waals surface area contributed by atoms with Gasteiger partial charge < -0.3 is 15.3 Å². The smallest absolute Gasteiger partial charge is 0.320 e. The van der Waals surface area contributed by atoms with E-state index in [9.17, 15) is 4.79 Å². The molecule has 12 heavy (non-hydrogen) atoms. The summed E-state index contributed by atoms with van der Waals surface area (Å²) in [4.78, 5) is 10.3. The minimum absolute atomic E-state index is 0.209. The van der Waals surface area contributed by atoms with Crippen molar-refractivity contribution in [3.8, 4) is 0 Å². The van der Waals surface area contributed by atoms with Crippen molar-refractivity contribution in [3.63, 3.8) is 0 Å². The van der Waals surface area contributed by atoms with Crippen molar-refractivity contribution in [1.29, 1.82) is 0 Å². The van der Waals surface area contributed by atoms with E-state index in [-0.39, 0.29) is 6.42 Å². The topological polar surface area (TPSA) is 76.5 Å². The Morgan fingerprint density at radius 3 is 2.83 bits per heavy atom. The molecule has 1 aromatic heterocycles. The van der Waals surface area contributed by atoms with E-state index in [0.717, 1.165) is 0 Å². The van der Waals surface area contributed by atoms with E-state index in [0.29, 0.717) is 10.4 Å². The first kappa shape index (κ1) is 9.28. The van der Waals surface area contributed by atoms with Gasteiger partial charge in [0.2, 0.25) is 0 Å². The molecule has 0 aromatic carbocycles. The summed E-state index contributed by atoms with van der Waals surface area (Å²) in [6, 6.07) is 2.49. The number of carbonyl (C=O) groups is 1. The van der Waals surface area contributed by atoms with Crippen molar-refractivity contribution >= 4 is 21.9 Å². The summed E-state index contributed by atoms with van der Waals surface area (Å²) in [6.45, 7) is 0. The molecule has 0 aliphatic heterocycles. The van der Waals surface area contributed by atoms with Crippen LogP contribution in [0, 0.1) is 0 Å². The fourth-order valence-electron chi connectivity index (χ4n) is 0.766. The maximum absolute atomic E-state index is 10.3. The van der Waals surface area contributed by atoms with E-state index in [1.54, 1.807) is 12.1 Å². The molecule has 1 unspecified atom stereocenters. The normalized spacial score (nSPS) is 12.8. The first-order chi connectivity index (χ1) is 5.59. The molecular weight excluding hydrogens is 226 g/mol. The second kappa shape index (κ2) is 3.73. The molecule has 3 N–H and O–H groups in total. The second-order valence-corrected chi connectivity index (χ2v) is 3.14. The highest BCUT2D eigenvalue weighted by atomic mass is 79.9. The molecule has 0 fully saturated rings. The zero-order valence-corrected chi connectivity index (χ0v) is 7.74. The van der Waals surface area contributed by atoms with Crippen molar-refractivity contribution < 1.29 is 14.3 Å². The number of nitrogens with two attached hydrogens (primary N) is 1. The number of aliphatic carboxylic acids is 1. The summed E-state index contributed by atoms with van der Waals surface area (Å²) >= 11 is 3.10. The van der Waals surface area contributed by atoms with Gasteiger partial charge in [0.15, 0.2) is 4.67 Å². The summed E-state index contributed by atoms with van der Waals surface area (Å²) in [5.74, 6) is -0.459. The van der Waals surface area contributed by atoms with Gasteiger partial charge in [-0.1, -0.05) is 0 Å². The van der Waals surface area contributed by atoms with Crippen molar-refractivity contribution in [2.24, 2.45) is 5.73 Å². The van der Waals surface area contributed by atoms with Gasteiger partial charge in [0.05, 0.1) is 0 Å². The van der Waals surface area contributed by atoms with Gasteiger partial charge in [-0.2, -0.15) is 0 Å². The highest BCUT2D eigenvalue weighted by Crippen LogP contribution is 2.14. The van der Waals surface area contributed by atoms with E-state index in [1.165, 1.54) is 0 Å². The van der Waals surface area contributed by atoms with Crippen LogP contribution in [-0.2, 0) is 11.2 Å². The standard InChI is InChI=1S/C7H8BrNO3/c8-6-2-1-4(12-6)3-5(9)7(10)11/h1-2,5H,3,9H2,(H,10,11). The first-order valence-electron chi connectivity index (χ1n) is 3.32. The zero-order valence-electron chi connectivity index (χ0n) is 6.16. The summed E-state index contributed by atoms with van der Waals surface area (Å²) in [7, 11) is 0. The lowest BCUT2D eigenvalue weighted by Crippen LogP contribution is -2.32. The monoisotopic (exact) mass is 233 g/mol. The fourth-order valence-corrected chi connectivity index (χ4v) is 1.11. The Morgan fingerprint density at radius 2 is 2.42 bits per heavy atom. The van der Waals surface area contributed by atoms with Crippen LogP contribution in [0.3, 0.4) is 0 Å². The summed E-state index contributed by atoms with van der Waals surface area (Å²) in [5.41, 5.74) is 5.28. The summed E-state index contributed by atoms with van der Waals surface area (Å²) in [5, 5.41) is 8.47. The number of furan rings is 1. The van der Waals surface area contributed by atoms with Crippen LogP contribution in [0.1, 0.15) is 5.76 Å². The number of halogens is 1. The number of hydrogen-bond donors (Lipinski definition) is 2. The molecule has 0 radical (unpaired) electrons. The number of carboxylic acids is 1. The predicted molar refractivity (Wildman–Crippen MR) is 45.7 cm³/mol. The molecule has 1 heterocycles.